The molecule has 1 aliphatic rings. The van der Waals surface area contributed by atoms with Crippen LogP contribution in [0.1, 0.15) is 49.9 Å². The number of nitrogens with zero attached hydrogens (tertiary/aromatic N) is 5. The summed E-state index contributed by atoms with van der Waals surface area (Å²) in [6.07, 6.45) is 3.47. The number of likely N-dealkylation sites (tertiary alicyclic amines) is 1. The molecule has 2 aromatic rings. The first-order valence-electron chi connectivity index (χ1n) is 7.75. The number of β-amino-alcohol motifs (C(OH)–C–C–N with tert-alkyl or cyclic N) is 1. The highest BCUT2D eigenvalue weighted by Crippen LogP contribution is 2.31. The molecule has 120 valence electrons. The van der Waals surface area contributed by atoms with Gasteiger partial charge >= 0.3 is 0 Å². The molecule has 1 saturated heterocycles. The van der Waals surface area contributed by atoms with Crippen LogP contribution in [0.5, 0.6) is 0 Å². The number of hydrogen-bond acceptors (Lipinski definition) is 6. The molecular formula is C15H23N5O2. The number of aliphatic hydroxyl groups is 1. The standard InChI is InChI=1S/C15H23N5O2/c1-11(2)20-9-14(16-18-20)15(21)5-4-6-19(10-15)8-13-7-12(3)17-22-13/h7,9,11,21H,4-6,8,10H2,1-3H3. The lowest BCUT2D eigenvalue weighted by Gasteiger charge is -2.37. The van der Waals surface area contributed by atoms with Crippen LogP contribution in [0.3, 0.4) is 0 Å². The van der Waals surface area contributed by atoms with E-state index in [1.807, 2.05) is 33.0 Å². The Kier molecular flexibility index (Phi) is 4.01. The van der Waals surface area contributed by atoms with Crippen molar-refractivity contribution in [3.8, 4) is 0 Å². The maximum atomic E-state index is 11.0. The zero-order valence-corrected chi connectivity index (χ0v) is 13.4. The Hall–Kier alpha value is -1.73. The largest absolute Gasteiger partial charge is 0.382 e. The van der Waals surface area contributed by atoms with Crippen molar-refractivity contribution in [1.29, 1.82) is 0 Å². The molecule has 2 aromatic heterocycles. The highest BCUT2D eigenvalue weighted by Gasteiger charge is 2.37. The maximum Gasteiger partial charge on any atom is 0.150 e. The summed E-state index contributed by atoms with van der Waals surface area (Å²) in [5.41, 5.74) is 0.585. The zero-order chi connectivity index (χ0) is 15.7. The summed E-state index contributed by atoms with van der Waals surface area (Å²) in [6.45, 7) is 8.11. The van der Waals surface area contributed by atoms with E-state index >= 15 is 0 Å². The summed E-state index contributed by atoms with van der Waals surface area (Å²) in [4.78, 5) is 2.18. The van der Waals surface area contributed by atoms with E-state index < -0.39 is 5.60 Å². The Morgan fingerprint density at radius 3 is 2.91 bits per heavy atom. The lowest BCUT2D eigenvalue weighted by Crippen LogP contribution is -2.45. The van der Waals surface area contributed by atoms with Crippen LogP contribution in [-0.4, -0.2) is 43.2 Å². The lowest BCUT2D eigenvalue weighted by molar-refractivity contribution is -0.0432. The third kappa shape index (κ3) is 3.05. The molecule has 7 nitrogen and oxygen atoms in total. The van der Waals surface area contributed by atoms with Gasteiger partial charge in [0, 0.05) is 18.7 Å². The number of rotatable bonds is 4. The van der Waals surface area contributed by atoms with E-state index in [1.54, 1.807) is 4.68 Å². The molecular weight excluding hydrogens is 282 g/mol. The predicted molar refractivity (Wildman–Crippen MR) is 80.1 cm³/mol. The van der Waals surface area contributed by atoms with Crippen LogP contribution in [0.2, 0.25) is 0 Å². The third-order valence-electron chi connectivity index (χ3n) is 4.12. The Bertz CT molecular complexity index is 635. The summed E-state index contributed by atoms with van der Waals surface area (Å²) < 4.78 is 7.05. The Balaban J connectivity index is 1.72. The van der Waals surface area contributed by atoms with Crippen molar-refractivity contribution in [2.45, 2.75) is 51.8 Å². The molecule has 0 spiro atoms. The molecule has 1 N–H and O–H groups in total. The van der Waals surface area contributed by atoms with Crippen LogP contribution in [0.4, 0.5) is 0 Å². The van der Waals surface area contributed by atoms with Gasteiger partial charge in [0.2, 0.25) is 0 Å². The maximum absolute atomic E-state index is 11.0. The van der Waals surface area contributed by atoms with Gasteiger partial charge in [-0.15, -0.1) is 5.10 Å². The summed E-state index contributed by atoms with van der Waals surface area (Å²) >= 11 is 0. The van der Waals surface area contributed by atoms with E-state index in [0.29, 0.717) is 25.2 Å². The first-order chi connectivity index (χ1) is 10.5. The summed E-state index contributed by atoms with van der Waals surface area (Å²) in [5.74, 6) is 0.826. The van der Waals surface area contributed by atoms with Crippen molar-refractivity contribution in [1.82, 2.24) is 25.1 Å². The first-order valence-corrected chi connectivity index (χ1v) is 7.75. The normalized spacial score (nSPS) is 23.3. The quantitative estimate of drug-likeness (QED) is 0.925. The number of hydrogen-bond donors (Lipinski definition) is 1. The predicted octanol–water partition coefficient (Wildman–Crippen LogP) is 1.64. The number of piperidine rings is 1. The number of aromatic nitrogens is 4. The van der Waals surface area contributed by atoms with Crippen LogP contribution in [0.15, 0.2) is 16.8 Å². The van der Waals surface area contributed by atoms with Gasteiger partial charge in [-0.1, -0.05) is 10.4 Å². The van der Waals surface area contributed by atoms with Crippen molar-refractivity contribution in [2.75, 3.05) is 13.1 Å². The molecule has 22 heavy (non-hydrogen) atoms. The van der Waals surface area contributed by atoms with Gasteiger partial charge in [0.25, 0.3) is 0 Å². The molecule has 0 aliphatic carbocycles. The molecule has 3 heterocycles. The Labute approximate surface area is 129 Å². The van der Waals surface area contributed by atoms with Crippen molar-refractivity contribution in [2.24, 2.45) is 0 Å². The van der Waals surface area contributed by atoms with Gasteiger partial charge in [-0.3, -0.25) is 4.90 Å². The van der Waals surface area contributed by atoms with Crippen molar-refractivity contribution < 1.29 is 9.63 Å². The minimum absolute atomic E-state index is 0.238. The van der Waals surface area contributed by atoms with E-state index in [0.717, 1.165) is 24.4 Å². The van der Waals surface area contributed by atoms with Crippen LogP contribution in [0.25, 0.3) is 0 Å². The SMILES string of the molecule is Cc1cc(CN2CCCC(O)(c3cn(C(C)C)nn3)C2)on1. The summed E-state index contributed by atoms with van der Waals surface area (Å²) in [5, 5.41) is 23.2. The van der Waals surface area contributed by atoms with Gasteiger partial charge < -0.3 is 9.63 Å². The lowest BCUT2D eigenvalue weighted by atomic mass is 9.90. The van der Waals surface area contributed by atoms with Gasteiger partial charge in [0.15, 0.2) is 5.76 Å². The Morgan fingerprint density at radius 2 is 2.27 bits per heavy atom. The van der Waals surface area contributed by atoms with Crippen molar-refractivity contribution in [3.63, 3.8) is 0 Å². The smallest absolute Gasteiger partial charge is 0.150 e. The molecule has 1 aliphatic heterocycles. The van der Waals surface area contributed by atoms with E-state index in [9.17, 15) is 5.11 Å². The van der Waals surface area contributed by atoms with Gasteiger partial charge in [0.1, 0.15) is 11.3 Å². The van der Waals surface area contributed by atoms with Crippen LogP contribution in [-0.2, 0) is 12.1 Å². The second kappa shape index (κ2) is 5.81. The van der Waals surface area contributed by atoms with Crippen molar-refractivity contribution in [3.05, 3.63) is 29.4 Å². The van der Waals surface area contributed by atoms with Crippen molar-refractivity contribution >= 4 is 0 Å². The summed E-state index contributed by atoms with van der Waals surface area (Å²) in [7, 11) is 0. The third-order valence-corrected chi connectivity index (χ3v) is 4.12. The minimum Gasteiger partial charge on any atom is -0.382 e. The fourth-order valence-corrected chi connectivity index (χ4v) is 2.92. The summed E-state index contributed by atoms with van der Waals surface area (Å²) in [6, 6.07) is 2.17. The fraction of sp³-hybridized carbons (Fsp3) is 0.667. The zero-order valence-electron chi connectivity index (χ0n) is 13.4. The second-order valence-electron chi connectivity index (χ2n) is 6.46. The van der Waals surface area contributed by atoms with Gasteiger partial charge in [-0.05, 0) is 40.2 Å². The highest BCUT2D eigenvalue weighted by molar-refractivity contribution is 5.11. The topological polar surface area (TPSA) is 80.2 Å². The molecule has 1 atom stereocenters. The average molecular weight is 305 g/mol. The Morgan fingerprint density at radius 1 is 1.45 bits per heavy atom. The highest BCUT2D eigenvalue weighted by atomic mass is 16.5. The van der Waals surface area contributed by atoms with Crippen LogP contribution in [0, 0.1) is 6.92 Å². The molecule has 1 unspecified atom stereocenters. The van der Waals surface area contributed by atoms with E-state index in [-0.39, 0.29) is 6.04 Å². The molecule has 0 aromatic carbocycles. The minimum atomic E-state index is -0.944. The van der Waals surface area contributed by atoms with E-state index in [4.69, 9.17) is 4.52 Å². The molecule has 0 amide bonds. The van der Waals surface area contributed by atoms with Gasteiger partial charge in [-0.25, -0.2) is 4.68 Å². The van der Waals surface area contributed by atoms with Crippen LogP contribution >= 0.6 is 0 Å². The molecule has 3 rings (SSSR count). The first kappa shape index (κ1) is 15.2. The number of aryl methyl sites for hydroxylation is 1. The monoisotopic (exact) mass is 305 g/mol. The molecule has 0 saturated carbocycles. The second-order valence-corrected chi connectivity index (χ2v) is 6.46. The van der Waals surface area contributed by atoms with Gasteiger partial charge in [0.05, 0.1) is 18.4 Å². The van der Waals surface area contributed by atoms with E-state index in [1.165, 1.54) is 0 Å². The average Bonchev–Trinajstić information content (AvgIpc) is 3.08. The van der Waals surface area contributed by atoms with Crippen LogP contribution < -0.4 is 0 Å². The van der Waals surface area contributed by atoms with Gasteiger partial charge in [-0.2, -0.15) is 0 Å². The molecule has 0 radical (unpaired) electrons. The fourth-order valence-electron chi connectivity index (χ4n) is 2.92. The molecule has 1 fully saturated rings. The molecule has 0 bridgehead atoms. The molecule has 7 heteroatoms. The van der Waals surface area contributed by atoms with E-state index in [2.05, 4.69) is 20.4 Å².